The molecule has 0 bridgehead atoms. The molecule has 2 aromatic carbocycles. The van der Waals surface area contributed by atoms with E-state index in [4.69, 9.17) is 5.73 Å². The lowest BCUT2D eigenvalue weighted by atomic mass is 9.89. The molecule has 5 rings (SSSR count). The number of likely N-dealkylation sites (tertiary alicyclic amines) is 1. The van der Waals surface area contributed by atoms with Gasteiger partial charge in [-0.3, -0.25) is 14.6 Å². The van der Waals surface area contributed by atoms with Gasteiger partial charge in [-0.1, -0.05) is 48.5 Å². The molecule has 2 heterocycles. The number of piperidine rings is 1. The first-order valence-corrected chi connectivity index (χ1v) is 13.3. The monoisotopic (exact) mass is 460 g/mol. The van der Waals surface area contributed by atoms with Crippen LogP contribution in [0.3, 0.4) is 0 Å². The molecular weight excluding hydrogens is 420 g/mol. The zero-order valence-electron chi connectivity index (χ0n) is 20.5. The zero-order chi connectivity index (χ0) is 23.3. The van der Waals surface area contributed by atoms with Crippen molar-refractivity contribution in [2.24, 2.45) is 5.73 Å². The molecule has 2 saturated heterocycles. The van der Waals surface area contributed by atoms with Gasteiger partial charge in [0.1, 0.15) is 0 Å². The number of hydrogen-bond acceptors (Lipinski definition) is 4. The highest BCUT2D eigenvalue weighted by Crippen LogP contribution is 2.24. The molecular formula is C29H40N4O. The first kappa shape index (κ1) is 23.5. The molecule has 0 radical (unpaired) electrons. The predicted molar refractivity (Wildman–Crippen MR) is 138 cm³/mol. The molecule has 182 valence electrons. The summed E-state index contributed by atoms with van der Waals surface area (Å²) in [4.78, 5) is 20.3. The van der Waals surface area contributed by atoms with Crippen molar-refractivity contribution in [3.63, 3.8) is 0 Å². The summed E-state index contributed by atoms with van der Waals surface area (Å²) in [6, 6.07) is 17.7. The highest BCUT2D eigenvalue weighted by atomic mass is 16.2. The molecule has 5 heteroatoms. The first-order valence-electron chi connectivity index (χ1n) is 13.3. The van der Waals surface area contributed by atoms with E-state index in [2.05, 4.69) is 58.3 Å². The number of benzene rings is 2. The Morgan fingerprint density at radius 3 is 2.29 bits per heavy atom. The quantitative estimate of drug-likeness (QED) is 0.719. The normalized spacial score (nSPS) is 21.3. The van der Waals surface area contributed by atoms with E-state index in [9.17, 15) is 4.79 Å². The van der Waals surface area contributed by atoms with E-state index in [1.54, 1.807) is 0 Å². The highest BCUT2D eigenvalue weighted by molar-refractivity contribution is 5.82. The average Bonchev–Trinajstić information content (AvgIpc) is 2.89. The fraction of sp³-hybridized carbons (Fsp3) is 0.552. The number of nitrogens with zero attached hydrogens (tertiary/aromatic N) is 3. The largest absolute Gasteiger partial charge is 0.341 e. The molecule has 0 aromatic heterocycles. The third-order valence-corrected chi connectivity index (χ3v) is 8.13. The summed E-state index contributed by atoms with van der Waals surface area (Å²) >= 11 is 0. The summed E-state index contributed by atoms with van der Waals surface area (Å²) in [5.74, 6) is 0.129. The topological polar surface area (TPSA) is 52.8 Å². The Kier molecular flexibility index (Phi) is 7.63. The van der Waals surface area contributed by atoms with Crippen LogP contribution in [-0.4, -0.2) is 72.0 Å². The summed E-state index contributed by atoms with van der Waals surface area (Å²) in [7, 11) is 0. The Labute approximate surface area is 204 Å². The number of carbonyl (C=O) groups excluding carboxylic acids is 1. The first-order chi connectivity index (χ1) is 16.7. The molecule has 5 nitrogen and oxygen atoms in total. The van der Waals surface area contributed by atoms with Crippen LogP contribution in [0.15, 0.2) is 48.5 Å². The summed E-state index contributed by atoms with van der Waals surface area (Å²) in [6.07, 6.45) is 7.71. The van der Waals surface area contributed by atoms with Crippen LogP contribution >= 0.6 is 0 Å². The van der Waals surface area contributed by atoms with Crippen LogP contribution in [-0.2, 0) is 30.6 Å². The Balaban J connectivity index is 1.06. The molecule has 34 heavy (non-hydrogen) atoms. The number of fused-ring (bicyclic) bond motifs is 1. The van der Waals surface area contributed by atoms with Crippen molar-refractivity contribution in [2.45, 2.75) is 63.6 Å². The molecule has 1 amide bonds. The van der Waals surface area contributed by atoms with Gasteiger partial charge < -0.3 is 10.6 Å². The lowest BCUT2D eigenvalue weighted by Gasteiger charge is -2.43. The Morgan fingerprint density at radius 2 is 1.56 bits per heavy atom. The molecule has 2 fully saturated rings. The second kappa shape index (κ2) is 11.0. The third kappa shape index (κ3) is 5.70. The fourth-order valence-electron chi connectivity index (χ4n) is 6.07. The van der Waals surface area contributed by atoms with Crippen LogP contribution in [0.25, 0.3) is 0 Å². The van der Waals surface area contributed by atoms with Crippen LogP contribution in [0.5, 0.6) is 0 Å². The van der Waals surface area contributed by atoms with Crippen molar-refractivity contribution in [3.05, 3.63) is 70.8 Å². The number of piperazine rings is 1. The van der Waals surface area contributed by atoms with Crippen LogP contribution in [0.4, 0.5) is 0 Å². The van der Waals surface area contributed by atoms with Crippen molar-refractivity contribution < 1.29 is 4.79 Å². The predicted octanol–water partition coefficient (Wildman–Crippen LogP) is 3.24. The molecule has 2 N–H and O–H groups in total. The van der Waals surface area contributed by atoms with Crippen molar-refractivity contribution in [2.75, 3.05) is 39.3 Å². The second-order valence-corrected chi connectivity index (χ2v) is 10.5. The van der Waals surface area contributed by atoms with E-state index < -0.39 is 6.04 Å². The SMILES string of the molecule is N[C@H](Cc1ccc2c(c1)CCCC2)C(=O)N1CCC(N2CCN(Cc3ccccc3)CC2)CC1. The number of carbonyl (C=O) groups is 1. The molecule has 1 aliphatic carbocycles. The zero-order valence-corrected chi connectivity index (χ0v) is 20.5. The number of nitrogens with two attached hydrogens (primary N) is 1. The molecule has 0 saturated carbocycles. The van der Waals surface area contributed by atoms with Crippen LogP contribution in [0.2, 0.25) is 0 Å². The molecule has 2 aromatic rings. The Hall–Kier alpha value is -2.21. The van der Waals surface area contributed by atoms with Crippen molar-refractivity contribution >= 4 is 5.91 Å². The van der Waals surface area contributed by atoms with E-state index in [1.165, 1.54) is 47.9 Å². The lowest BCUT2D eigenvalue weighted by molar-refractivity contribution is -0.134. The van der Waals surface area contributed by atoms with Crippen molar-refractivity contribution in [3.8, 4) is 0 Å². The molecule has 0 unspecified atom stereocenters. The van der Waals surface area contributed by atoms with Gasteiger partial charge in [0, 0.05) is 51.9 Å². The second-order valence-electron chi connectivity index (χ2n) is 10.5. The standard InChI is InChI=1S/C29H40N4O/c30-28(21-24-10-11-25-8-4-5-9-26(25)20-24)29(34)33-14-12-27(13-15-33)32-18-16-31(17-19-32)22-23-6-2-1-3-7-23/h1-3,6-7,10-11,20,27-28H,4-5,8-9,12-19,21-22,30H2/t28-/m1/s1. The minimum atomic E-state index is -0.431. The van der Waals surface area contributed by atoms with Gasteiger partial charge in [0.05, 0.1) is 6.04 Å². The van der Waals surface area contributed by atoms with Crippen LogP contribution in [0.1, 0.15) is 47.9 Å². The average molecular weight is 461 g/mol. The maximum absolute atomic E-state index is 13.1. The third-order valence-electron chi connectivity index (χ3n) is 8.13. The number of amides is 1. The summed E-state index contributed by atoms with van der Waals surface area (Å²) in [5.41, 5.74) is 12.0. The van der Waals surface area contributed by atoms with E-state index in [-0.39, 0.29) is 5.91 Å². The van der Waals surface area contributed by atoms with Gasteiger partial charge >= 0.3 is 0 Å². The Bertz CT molecular complexity index is 946. The minimum Gasteiger partial charge on any atom is -0.341 e. The summed E-state index contributed by atoms with van der Waals surface area (Å²) < 4.78 is 0. The maximum Gasteiger partial charge on any atom is 0.239 e. The summed E-state index contributed by atoms with van der Waals surface area (Å²) in [6.45, 7) is 7.23. The number of aryl methyl sites for hydroxylation is 2. The highest BCUT2D eigenvalue weighted by Gasteiger charge is 2.30. The van der Waals surface area contributed by atoms with Crippen LogP contribution in [0, 0.1) is 0 Å². The summed E-state index contributed by atoms with van der Waals surface area (Å²) in [5, 5.41) is 0. The van der Waals surface area contributed by atoms with Gasteiger partial charge in [-0.05, 0) is 67.2 Å². The van der Waals surface area contributed by atoms with Gasteiger partial charge in [-0.15, -0.1) is 0 Å². The number of hydrogen-bond donors (Lipinski definition) is 1. The Morgan fingerprint density at radius 1 is 0.853 bits per heavy atom. The minimum absolute atomic E-state index is 0.129. The van der Waals surface area contributed by atoms with Gasteiger partial charge in [-0.25, -0.2) is 0 Å². The lowest BCUT2D eigenvalue weighted by Crippen LogP contribution is -2.55. The molecule has 2 aliphatic heterocycles. The van der Waals surface area contributed by atoms with Crippen molar-refractivity contribution in [1.82, 2.24) is 14.7 Å². The molecule has 3 aliphatic rings. The number of rotatable bonds is 6. The molecule has 0 spiro atoms. The smallest absolute Gasteiger partial charge is 0.239 e. The van der Waals surface area contributed by atoms with E-state index in [1.807, 2.05) is 4.90 Å². The van der Waals surface area contributed by atoms with Crippen LogP contribution < -0.4 is 5.73 Å². The molecule has 1 atom stereocenters. The van der Waals surface area contributed by atoms with E-state index in [0.29, 0.717) is 12.5 Å². The van der Waals surface area contributed by atoms with Gasteiger partial charge in [0.2, 0.25) is 5.91 Å². The van der Waals surface area contributed by atoms with Gasteiger partial charge in [0.15, 0.2) is 0 Å². The van der Waals surface area contributed by atoms with E-state index >= 15 is 0 Å². The maximum atomic E-state index is 13.1. The van der Waals surface area contributed by atoms with Crippen molar-refractivity contribution in [1.29, 1.82) is 0 Å². The van der Waals surface area contributed by atoms with Gasteiger partial charge in [-0.2, -0.15) is 0 Å². The fourth-order valence-corrected chi connectivity index (χ4v) is 6.07. The van der Waals surface area contributed by atoms with E-state index in [0.717, 1.165) is 58.7 Å². The van der Waals surface area contributed by atoms with Gasteiger partial charge in [0.25, 0.3) is 0 Å².